The molecule has 21 heteroatoms. The molecule has 8 rings (SSSR count). The first kappa shape index (κ1) is 58.9. The van der Waals surface area contributed by atoms with Crippen LogP contribution in [0.3, 0.4) is 0 Å². The van der Waals surface area contributed by atoms with Crippen molar-refractivity contribution >= 4 is 63.5 Å². The Labute approximate surface area is 470 Å². The highest BCUT2D eigenvalue weighted by molar-refractivity contribution is 7.15. The fraction of sp³-hybridized carbons (Fsp3) is 0.466. The van der Waals surface area contributed by atoms with Crippen molar-refractivity contribution in [1.82, 2.24) is 30.7 Å². The molecule has 0 spiro atoms. The van der Waals surface area contributed by atoms with E-state index in [1.165, 1.54) is 16.0 Å². The molecule has 1 unspecified atom stereocenters. The van der Waals surface area contributed by atoms with E-state index in [0.717, 1.165) is 50.0 Å². The van der Waals surface area contributed by atoms with Crippen LogP contribution in [0.15, 0.2) is 83.9 Å². The van der Waals surface area contributed by atoms with Crippen molar-refractivity contribution in [1.29, 1.82) is 0 Å². The highest BCUT2D eigenvalue weighted by Gasteiger charge is 2.36. The summed E-state index contributed by atoms with van der Waals surface area (Å²) in [6.07, 6.45) is 2.77. The van der Waals surface area contributed by atoms with E-state index in [9.17, 15) is 19.2 Å². The van der Waals surface area contributed by atoms with Crippen LogP contribution in [-0.2, 0) is 58.9 Å². The van der Waals surface area contributed by atoms with Gasteiger partial charge in [0.15, 0.2) is 5.82 Å². The van der Waals surface area contributed by atoms with Crippen LogP contribution in [0.5, 0.6) is 0 Å². The predicted octanol–water partition coefficient (Wildman–Crippen LogP) is 6.55. The van der Waals surface area contributed by atoms with Gasteiger partial charge in [0, 0.05) is 71.5 Å². The predicted molar refractivity (Wildman–Crippen MR) is 301 cm³/mol. The van der Waals surface area contributed by atoms with Gasteiger partial charge in [-0.15, -0.1) is 21.5 Å². The number of carbonyl (C=O) groups is 4. The third-order valence-electron chi connectivity index (χ3n) is 13.4. The summed E-state index contributed by atoms with van der Waals surface area (Å²) in [5, 5.41) is 19.1. The molecule has 2 atom stereocenters. The van der Waals surface area contributed by atoms with Crippen molar-refractivity contribution < 1.29 is 52.3 Å². The lowest BCUT2D eigenvalue weighted by Crippen LogP contribution is -2.34. The lowest BCUT2D eigenvalue weighted by atomic mass is 9.94. The average Bonchev–Trinajstić information content (AvgIpc) is 4.32. The van der Waals surface area contributed by atoms with Gasteiger partial charge in [-0.1, -0.05) is 72.3 Å². The third-order valence-corrected chi connectivity index (χ3v) is 14.9. The van der Waals surface area contributed by atoms with E-state index in [4.69, 9.17) is 49.8 Å². The van der Waals surface area contributed by atoms with Crippen LogP contribution >= 0.6 is 22.9 Å². The van der Waals surface area contributed by atoms with E-state index in [1.807, 2.05) is 71.0 Å². The molecule has 19 nitrogen and oxygen atoms in total. The molecule has 79 heavy (non-hydrogen) atoms. The number of ether oxygens (including phenoxy) is 7. The van der Waals surface area contributed by atoms with Crippen LogP contribution in [0.25, 0.3) is 10.6 Å². The monoisotopic (exact) mass is 1120 g/mol. The minimum Gasteiger partial charge on any atom is -0.379 e. The summed E-state index contributed by atoms with van der Waals surface area (Å²) >= 11 is 7.89. The van der Waals surface area contributed by atoms with E-state index in [-0.39, 0.29) is 61.8 Å². The zero-order chi connectivity index (χ0) is 55.3. The Bertz CT molecular complexity index is 2910. The normalized spacial score (nSPS) is 15.0. The van der Waals surface area contributed by atoms with Gasteiger partial charge in [0.05, 0.1) is 111 Å². The highest BCUT2D eigenvalue weighted by Crippen LogP contribution is 2.52. The number of fused-ring (bicyclic) bond motifs is 8. The van der Waals surface area contributed by atoms with E-state index >= 15 is 0 Å². The van der Waals surface area contributed by atoms with Gasteiger partial charge in [-0.25, -0.2) is 0 Å². The van der Waals surface area contributed by atoms with Gasteiger partial charge < -0.3 is 54.0 Å². The molecule has 0 bridgehead atoms. The molecule has 0 radical (unpaired) electrons. The molecular weight excluding hydrogens is 1050 g/mol. The zero-order valence-electron chi connectivity index (χ0n) is 45.2. The third kappa shape index (κ3) is 16.9. The SMILES string of the molecule is Cc1sc2c(c1C)C(c1ccc(Cl)cc1)=N[C@@H](CC(=O)NCCOCCOCCOCCNC(=O)CCOCCOCCOCCOCCNC(=O)CCC(=O)N1Cc3ccccc3C3=CC3c3ccccc31)c1nnc(C)n1-2. The second kappa shape index (κ2) is 30.4. The number of nitrogens with zero attached hydrogens (tertiary/aromatic N) is 5. The number of aryl methyl sites for hydroxylation is 2. The zero-order valence-corrected chi connectivity index (χ0v) is 46.8. The number of thiophene rings is 1. The number of hydrogen-bond acceptors (Lipinski definition) is 15. The Morgan fingerprint density at radius 3 is 1.84 bits per heavy atom. The van der Waals surface area contributed by atoms with Gasteiger partial charge in [-0.3, -0.25) is 28.7 Å². The van der Waals surface area contributed by atoms with Gasteiger partial charge in [0.25, 0.3) is 0 Å². The molecule has 3 N–H and O–H groups in total. The first-order valence-corrected chi connectivity index (χ1v) is 28.2. The van der Waals surface area contributed by atoms with Crippen molar-refractivity contribution in [2.75, 3.05) is 117 Å². The smallest absolute Gasteiger partial charge is 0.227 e. The Hall–Kier alpha value is -6.20. The number of carbonyl (C=O) groups excluding carboxylic acids is 4. The molecule has 3 aliphatic rings. The molecule has 0 fully saturated rings. The fourth-order valence-corrected chi connectivity index (χ4v) is 10.6. The maximum atomic E-state index is 13.5. The maximum Gasteiger partial charge on any atom is 0.227 e. The number of aromatic nitrogens is 3. The molecule has 2 aromatic heterocycles. The molecule has 2 aliphatic heterocycles. The first-order chi connectivity index (χ1) is 38.6. The van der Waals surface area contributed by atoms with E-state index in [1.54, 1.807) is 11.3 Å². The van der Waals surface area contributed by atoms with Gasteiger partial charge in [-0.05, 0) is 66.8 Å². The van der Waals surface area contributed by atoms with Crippen molar-refractivity contribution in [3.63, 3.8) is 0 Å². The summed E-state index contributed by atoms with van der Waals surface area (Å²) in [4.78, 5) is 59.6. The number of anilines is 1. The molecule has 3 aromatic carbocycles. The largest absolute Gasteiger partial charge is 0.379 e. The Morgan fingerprint density at radius 2 is 1.19 bits per heavy atom. The van der Waals surface area contributed by atoms with E-state index in [0.29, 0.717) is 123 Å². The Morgan fingerprint density at radius 1 is 0.633 bits per heavy atom. The summed E-state index contributed by atoms with van der Waals surface area (Å²) in [5.41, 5.74) is 9.46. The average molecular weight is 1120 g/mol. The van der Waals surface area contributed by atoms with Crippen LogP contribution in [0.2, 0.25) is 5.02 Å². The lowest BCUT2D eigenvalue weighted by Gasteiger charge is -2.28. The quantitative estimate of drug-likeness (QED) is 0.0381. The molecule has 5 aromatic rings. The fourth-order valence-electron chi connectivity index (χ4n) is 9.23. The number of hydrogen-bond donors (Lipinski definition) is 3. The topological polar surface area (TPSA) is 215 Å². The van der Waals surface area contributed by atoms with E-state index < -0.39 is 6.04 Å². The Kier molecular flexibility index (Phi) is 22.7. The van der Waals surface area contributed by atoms with Crippen molar-refractivity contribution in [2.24, 2.45) is 4.99 Å². The minimum atomic E-state index is -0.555. The summed E-state index contributed by atoms with van der Waals surface area (Å²) < 4.78 is 41.0. The molecule has 1 aliphatic carbocycles. The van der Waals surface area contributed by atoms with Gasteiger partial charge in [0.1, 0.15) is 16.9 Å². The maximum absolute atomic E-state index is 13.5. The molecule has 4 amide bonds. The number of allylic oxidation sites excluding steroid dienone is 2. The minimum absolute atomic E-state index is 0.0829. The highest BCUT2D eigenvalue weighted by atomic mass is 35.5. The van der Waals surface area contributed by atoms with Crippen LogP contribution in [0.4, 0.5) is 5.69 Å². The van der Waals surface area contributed by atoms with Crippen molar-refractivity contribution in [3.8, 4) is 5.00 Å². The van der Waals surface area contributed by atoms with Crippen LogP contribution in [0.1, 0.15) is 87.5 Å². The number of para-hydroxylation sites is 1. The molecular formula is C58H71ClN8O11S. The second-order valence-electron chi connectivity index (χ2n) is 19.0. The van der Waals surface area contributed by atoms with E-state index in [2.05, 4.69) is 64.3 Å². The van der Waals surface area contributed by atoms with Crippen LogP contribution in [-0.4, -0.2) is 156 Å². The van der Waals surface area contributed by atoms with Gasteiger partial charge in [0.2, 0.25) is 23.6 Å². The molecule has 4 heterocycles. The van der Waals surface area contributed by atoms with Crippen LogP contribution < -0.4 is 20.9 Å². The number of rotatable bonds is 33. The molecule has 0 saturated heterocycles. The second-order valence-corrected chi connectivity index (χ2v) is 20.6. The van der Waals surface area contributed by atoms with Crippen molar-refractivity contribution in [3.05, 3.63) is 134 Å². The summed E-state index contributed by atoms with van der Waals surface area (Å²) in [5.74, 6) is 0.984. The summed E-state index contributed by atoms with van der Waals surface area (Å²) in [7, 11) is 0. The number of halogens is 1. The Balaban J connectivity index is 0.558. The van der Waals surface area contributed by atoms with Gasteiger partial charge >= 0.3 is 0 Å². The first-order valence-electron chi connectivity index (χ1n) is 27.0. The van der Waals surface area contributed by atoms with Crippen molar-refractivity contribution in [2.45, 2.75) is 65.0 Å². The van der Waals surface area contributed by atoms with Crippen LogP contribution in [0, 0.1) is 20.8 Å². The van der Waals surface area contributed by atoms with Gasteiger partial charge in [-0.2, -0.15) is 0 Å². The molecule has 0 saturated carbocycles. The number of benzene rings is 3. The summed E-state index contributed by atoms with van der Waals surface area (Å²) in [6, 6.07) is 23.3. The molecule has 422 valence electrons. The number of amides is 4. The standard InChI is InChI=1S/C58H71ClN8O11S/c1-39-40(2)79-58-55(39)56(42-12-14-44(59)15-13-42)63-49(57-65-64-41(3)67(57)58)37-53(70)62-21-25-75-29-32-77-31-27-74-24-20-61-52(69)18-22-72-26-30-76-34-35-78-33-28-73-23-19-60-51(68)16-17-54(71)66-38-43-8-4-5-9-45(43)47-36-48(47)46-10-6-7-11-50(46)66/h4-15,36,48-49H,16-35,37-38H2,1-3H3,(H,60,68)(H,61,69)(H,62,70)/t48?,49-/m0/s1. The number of nitrogens with one attached hydrogen (secondary N) is 3. The summed E-state index contributed by atoms with van der Waals surface area (Å²) in [6.45, 7) is 12.6. The lowest BCUT2D eigenvalue weighted by molar-refractivity contribution is -0.125. The number of aliphatic imine (C=N–C) groups is 1.